The van der Waals surface area contributed by atoms with Gasteiger partial charge in [-0.2, -0.15) is 0 Å². The number of aromatic nitrogens is 3. The smallest absolute Gasteiger partial charge is 0.278 e. The summed E-state index contributed by atoms with van der Waals surface area (Å²) in [5, 5.41) is 0.0863. The Bertz CT molecular complexity index is 520. The van der Waals surface area contributed by atoms with E-state index in [1.54, 1.807) is 12.1 Å². The maximum atomic E-state index is 11.3. The van der Waals surface area contributed by atoms with Gasteiger partial charge in [0.2, 0.25) is 5.28 Å². The number of H-pyrrole nitrogens is 1. The number of pyridine rings is 1. The van der Waals surface area contributed by atoms with Crippen LogP contribution >= 0.6 is 11.6 Å². The fourth-order valence-corrected chi connectivity index (χ4v) is 1.27. The lowest BCUT2D eigenvalue weighted by Gasteiger charge is -1.96. The first-order valence-corrected chi connectivity index (χ1v) is 4.08. The van der Waals surface area contributed by atoms with Crippen LogP contribution in [-0.4, -0.2) is 15.0 Å². The van der Waals surface area contributed by atoms with Gasteiger partial charge < -0.3 is 0 Å². The Labute approximate surface area is 78.6 Å². The van der Waals surface area contributed by atoms with Gasteiger partial charge >= 0.3 is 0 Å². The van der Waals surface area contributed by atoms with E-state index in [-0.39, 0.29) is 10.8 Å². The van der Waals surface area contributed by atoms with Gasteiger partial charge in [0.25, 0.3) is 5.56 Å². The number of aromatic amines is 1. The second kappa shape index (κ2) is 2.81. The normalized spacial score (nSPS) is 10.6. The van der Waals surface area contributed by atoms with Crippen molar-refractivity contribution in [2.75, 3.05) is 0 Å². The standard InChI is InChI=1S/C8H6ClN3O/c1-4-2-3-5-6(10-4)7(13)12-8(9)11-5/h2-3H,1H3,(H,11,12,13). The van der Waals surface area contributed by atoms with Crippen molar-refractivity contribution in [1.29, 1.82) is 0 Å². The Morgan fingerprint density at radius 3 is 2.92 bits per heavy atom. The van der Waals surface area contributed by atoms with Gasteiger partial charge in [-0.3, -0.25) is 9.78 Å². The molecule has 4 nitrogen and oxygen atoms in total. The topological polar surface area (TPSA) is 58.6 Å². The summed E-state index contributed by atoms with van der Waals surface area (Å²) >= 11 is 5.57. The van der Waals surface area contributed by atoms with Crippen LogP contribution < -0.4 is 5.56 Å². The van der Waals surface area contributed by atoms with E-state index in [1.165, 1.54) is 0 Å². The first-order valence-electron chi connectivity index (χ1n) is 3.70. The second-order valence-electron chi connectivity index (χ2n) is 2.68. The van der Waals surface area contributed by atoms with Crippen LogP contribution in [0, 0.1) is 6.92 Å². The summed E-state index contributed by atoms with van der Waals surface area (Å²) in [6.45, 7) is 1.81. The maximum absolute atomic E-state index is 11.3. The molecule has 0 aromatic carbocycles. The third-order valence-corrected chi connectivity index (χ3v) is 1.84. The molecule has 66 valence electrons. The van der Waals surface area contributed by atoms with Crippen molar-refractivity contribution in [2.45, 2.75) is 6.92 Å². The van der Waals surface area contributed by atoms with Crippen LogP contribution in [0.4, 0.5) is 0 Å². The molecule has 0 aliphatic rings. The molecule has 5 heteroatoms. The highest BCUT2D eigenvalue weighted by atomic mass is 35.5. The molecule has 0 fully saturated rings. The summed E-state index contributed by atoms with van der Waals surface area (Å²) in [4.78, 5) is 21.7. The number of halogens is 1. The number of nitrogens with one attached hydrogen (secondary N) is 1. The molecule has 0 atom stereocenters. The number of rotatable bonds is 0. The predicted octanol–water partition coefficient (Wildman–Crippen LogP) is 1.28. The highest BCUT2D eigenvalue weighted by molar-refractivity contribution is 6.28. The van der Waals surface area contributed by atoms with Crippen molar-refractivity contribution in [3.8, 4) is 0 Å². The summed E-state index contributed by atoms with van der Waals surface area (Å²) in [6.07, 6.45) is 0. The molecule has 2 aromatic rings. The molecule has 0 saturated heterocycles. The third kappa shape index (κ3) is 1.40. The van der Waals surface area contributed by atoms with Crippen molar-refractivity contribution >= 4 is 22.6 Å². The number of nitrogens with zero attached hydrogens (tertiary/aromatic N) is 2. The molecule has 0 bridgehead atoms. The van der Waals surface area contributed by atoms with Gasteiger partial charge in [0.1, 0.15) is 0 Å². The molecule has 2 aromatic heterocycles. The third-order valence-electron chi connectivity index (χ3n) is 1.66. The van der Waals surface area contributed by atoms with Crippen LogP contribution in [-0.2, 0) is 0 Å². The Hall–Kier alpha value is -1.42. The van der Waals surface area contributed by atoms with Crippen LogP contribution in [0.25, 0.3) is 11.0 Å². The van der Waals surface area contributed by atoms with E-state index >= 15 is 0 Å². The van der Waals surface area contributed by atoms with E-state index in [0.717, 1.165) is 5.69 Å². The highest BCUT2D eigenvalue weighted by Gasteiger charge is 2.02. The Morgan fingerprint density at radius 2 is 2.15 bits per heavy atom. The summed E-state index contributed by atoms with van der Waals surface area (Å²) in [5.41, 5.74) is 1.31. The van der Waals surface area contributed by atoms with Gasteiger partial charge in [-0.25, -0.2) is 9.97 Å². The SMILES string of the molecule is Cc1ccc2nc(Cl)[nH]c(=O)c2n1. The van der Waals surface area contributed by atoms with Gasteiger partial charge in [0, 0.05) is 5.69 Å². The molecule has 1 N–H and O–H groups in total. The largest absolute Gasteiger partial charge is 0.295 e. The fourth-order valence-electron chi connectivity index (χ4n) is 1.09. The van der Waals surface area contributed by atoms with Crippen molar-refractivity contribution in [2.24, 2.45) is 0 Å². The number of fused-ring (bicyclic) bond motifs is 1. The molecule has 0 radical (unpaired) electrons. The van der Waals surface area contributed by atoms with Gasteiger partial charge in [-0.05, 0) is 30.7 Å². The Morgan fingerprint density at radius 1 is 1.38 bits per heavy atom. The average molecular weight is 196 g/mol. The minimum atomic E-state index is -0.307. The molecular weight excluding hydrogens is 190 g/mol. The van der Waals surface area contributed by atoms with E-state index < -0.39 is 0 Å². The van der Waals surface area contributed by atoms with Gasteiger partial charge in [-0.1, -0.05) is 0 Å². The van der Waals surface area contributed by atoms with Gasteiger partial charge in [0.05, 0.1) is 5.52 Å². The Kier molecular flexibility index (Phi) is 1.77. The molecular formula is C8H6ClN3O. The molecule has 0 unspecified atom stereocenters. The van der Waals surface area contributed by atoms with Crippen LogP contribution in [0.15, 0.2) is 16.9 Å². The monoisotopic (exact) mass is 195 g/mol. The van der Waals surface area contributed by atoms with Gasteiger partial charge in [0.15, 0.2) is 5.52 Å². The zero-order chi connectivity index (χ0) is 9.42. The average Bonchev–Trinajstić information content (AvgIpc) is 2.06. The quantitative estimate of drug-likeness (QED) is 0.645. The zero-order valence-corrected chi connectivity index (χ0v) is 7.59. The molecule has 13 heavy (non-hydrogen) atoms. The minimum absolute atomic E-state index is 0.0863. The number of hydrogen-bond acceptors (Lipinski definition) is 3. The first kappa shape index (κ1) is 8.19. The maximum Gasteiger partial charge on any atom is 0.278 e. The lowest BCUT2D eigenvalue weighted by molar-refractivity contribution is 1.13. The second-order valence-corrected chi connectivity index (χ2v) is 3.04. The van der Waals surface area contributed by atoms with Crippen molar-refractivity contribution in [1.82, 2.24) is 15.0 Å². The number of hydrogen-bond donors (Lipinski definition) is 1. The van der Waals surface area contributed by atoms with E-state index in [4.69, 9.17) is 11.6 Å². The highest BCUT2D eigenvalue weighted by Crippen LogP contribution is 2.07. The fraction of sp³-hybridized carbons (Fsp3) is 0.125. The van der Waals surface area contributed by atoms with Crippen LogP contribution in [0.3, 0.4) is 0 Å². The minimum Gasteiger partial charge on any atom is -0.295 e. The summed E-state index contributed by atoms with van der Waals surface area (Å²) in [7, 11) is 0. The van der Waals surface area contributed by atoms with Crippen molar-refractivity contribution < 1.29 is 0 Å². The number of aryl methyl sites for hydroxylation is 1. The molecule has 0 saturated carbocycles. The molecule has 0 aliphatic carbocycles. The Balaban J connectivity index is 2.95. The lowest BCUT2D eigenvalue weighted by Crippen LogP contribution is -2.09. The van der Waals surface area contributed by atoms with Crippen LogP contribution in [0.5, 0.6) is 0 Å². The van der Waals surface area contributed by atoms with Crippen molar-refractivity contribution in [3.05, 3.63) is 33.5 Å². The van der Waals surface area contributed by atoms with Crippen molar-refractivity contribution in [3.63, 3.8) is 0 Å². The predicted molar refractivity (Wildman–Crippen MR) is 49.9 cm³/mol. The molecule has 0 amide bonds. The molecule has 2 rings (SSSR count). The summed E-state index contributed by atoms with van der Waals surface area (Å²) < 4.78 is 0. The molecule has 0 spiro atoms. The van der Waals surface area contributed by atoms with E-state index in [9.17, 15) is 4.79 Å². The van der Waals surface area contributed by atoms with Crippen LogP contribution in [0.2, 0.25) is 5.28 Å². The van der Waals surface area contributed by atoms with Gasteiger partial charge in [-0.15, -0.1) is 0 Å². The lowest BCUT2D eigenvalue weighted by atomic mass is 10.3. The van der Waals surface area contributed by atoms with E-state index in [0.29, 0.717) is 11.0 Å². The zero-order valence-electron chi connectivity index (χ0n) is 6.84. The molecule has 0 aliphatic heterocycles. The summed E-state index contributed by atoms with van der Waals surface area (Å²) in [5.74, 6) is 0. The molecule has 2 heterocycles. The van der Waals surface area contributed by atoms with Crippen LogP contribution in [0.1, 0.15) is 5.69 Å². The van der Waals surface area contributed by atoms with E-state index in [1.807, 2.05) is 6.92 Å². The summed E-state index contributed by atoms with van der Waals surface area (Å²) in [6, 6.07) is 3.50. The van der Waals surface area contributed by atoms with E-state index in [2.05, 4.69) is 15.0 Å². The first-order chi connectivity index (χ1) is 6.16.